The molecule has 0 aliphatic carbocycles. The number of nitrogens with one attached hydrogen (secondary N) is 1. The van der Waals surface area contributed by atoms with Gasteiger partial charge in [0.15, 0.2) is 0 Å². The molecule has 1 aliphatic rings. The van der Waals surface area contributed by atoms with Crippen LogP contribution in [0.25, 0.3) is 0 Å². The summed E-state index contributed by atoms with van der Waals surface area (Å²) in [5.41, 5.74) is 1.04. The topological polar surface area (TPSA) is 21.3 Å². The van der Waals surface area contributed by atoms with Crippen molar-refractivity contribution in [1.82, 2.24) is 5.32 Å². The fourth-order valence-corrected chi connectivity index (χ4v) is 2.67. The van der Waals surface area contributed by atoms with Gasteiger partial charge in [-0.1, -0.05) is 23.2 Å². The number of hydrogen-bond donors (Lipinski definition) is 1. The third-order valence-corrected chi connectivity index (χ3v) is 3.84. The average Bonchev–Trinajstić information content (AvgIpc) is 2.68. The van der Waals surface area contributed by atoms with Crippen molar-refractivity contribution in [2.24, 2.45) is 0 Å². The molecule has 1 N–H and O–H groups in total. The Kier molecular flexibility index (Phi) is 4.31. The Balaban J connectivity index is 2.08. The standard InChI is InChI=1S/C13H17Cl2NO/c1-8(16-13-5-6-17-9(13)2)11-7-10(14)3-4-12(11)15/h3-4,7-9,13,16H,5-6H2,1-2H3. The summed E-state index contributed by atoms with van der Waals surface area (Å²) >= 11 is 12.2. The molecule has 1 aromatic rings. The minimum absolute atomic E-state index is 0.176. The van der Waals surface area contributed by atoms with E-state index in [1.807, 2.05) is 12.1 Å². The van der Waals surface area contributed by atoms with Crippen LogP contribution in [-0.2, 0) is 4.74 Å². The van der Waals surface area contributed by atoms with Crippen LogP contribution >= 0.6 is 23.2 Å². The molecule has 1 aromatic carbocycles. The summed E-state index contributed by atoms with van der Waals surface area (Å²) in [6.45, 7) is 5.02. The van der Waals surface area contributed by atoms with Crippen LogP contribution < -0.4 is 5.32 Å². The van der Waals surface area contributed by atoms with E-state index in [1.165, 1.54) is 0 Å². The second-order valence-corrected chi connectivity index (χ2v) is 5.37. The van der Waals surface area contributed by atoms with Gasteiger partial charge in [-0.25, -0.2) is 0 Å². The number of hydrogen-bond acceptors (Lipinski definition) is 2. The van der Waals surface area contributed by atoms with Crippen LogP contribution in [-0.4, -0.2) is 18.8 Å². The Morgan fingerprint density at radius 2 is 2.18 bits per heavy atom. The Labute approximate surface area is 112 Å². The van der Waals surface area contributed by atoms with Gasteiger partial charge in [0.05, 0.1) is 6.10 Å². The van der Waals surface area contributed by atoms with E-state index >= 15 is 0 Å². The van der Waals surface area contributed by atoms with Crippen LogP contribution in [0.15, 0.2) is 18.2 Å². The highest BCUT2D eigenvalue weighted by Gasteiger charge is 2.26. The van der Waals surface area contributed by atoms with E-state index < -0.39 is 0 Å². The minimum Gasteiger partial charge on any atom is -0.377 e. The molecule has 94 valence electrons. The molecule has 1 saturated heterocycles. The molecule has 0 spiro atoms. The first-order chi connectivity index (χ1) is 8.08. The van der Waals surface area contributed by atoms with Gasteiger partial charge in [-0.05, 0) is 44.0 Å². The normalized spacial score (nSPS) is 26.1. The molecule has 0 saturated carbocycles. The lowest BCUT2D eigenvalue weighted by Crippen LogP contribution is -2.36. The molecule has 17 heavy (non-hydrogen) atoms. The van der Waals surface area contributed by atoms with E-state index in [-0.39, 0.29) is 12.1 Å². The summed E-state index contributed by atoms with van der Waals surface area (Å²) < 4.78 is 5.53. The Morgan fingerprint density at radius 3 is 2.82 bits per heavy atom. The van der Waals surface area contributed by atoms with Crippen LogP contribution in [0, 0.1) is 0 Å². The van der Waals surface area contributed by atoms with Crippen molar-refractivity contribution in [1.29, 1.82) is 0 Å². The molecule has 0 radical (unpaired) electrons. The van der Waals surface area contributed by atoms with E-state index in [0.29, 0.717) is 11.1 Å². The molecular formula is C13H17Cl2NO. The Morgan fingerprint density at radius 1 is 1.41 bits per heavy atom. The van der Waals surface area contributed by atoms with Crippen LogP contribution in [0.5, 0.6) is 0 Å². The molecule has 4 heteroatoms. The molecule has 1 fully saturated rings. The van der Waals surface area contributed by atoms with E-state index in [1.54, 1.807) is 6.07 Å². The van der Waals surface area contributed by atoms with Crippen LogP contribution in [0.4, 0.5) is 0 Å². The summed E-state index contributed by atoms with van der Waals surface area (Å²) in [6.07, 6.45) is 1.30. The van der Waals surface area contributed by atoms with Gasteiger partial charge in [0.25, 0.3) is 0 Å². The molecule has 3 atom stereocenters. The van der Waals surface area contributed by atoms with Gasteiger partial charge < -0.3 is 10.1 Å². The summed E-state index contributed by atoms with van der Waals surface area (Å²) in [6, 6.07) is 6.13. The fraction of sp³-hybridized carbons (Fsp3) is 0.538. The Bertz CT molecular complexity index is 397. The van der Waals surface area contributed by atoms with Gasteiger partial charge in [-0.3, -0.25) is 0 Å². The Hall–Kier alpha value is -0.280. The smallest absolute Gasteiger partial charge is 0.0700 e. The maximum absolute atomic E-state index is 6.18. The second-order valence-electron chi connectivity index (χ2n) is 4.53. The van der Waals surface area contributed by atoms with Crippen molar-refractivity contribution in [2.75, 3.05) is 6.61 Å². The molecule has 1 aliphatic heterocycles. The van der Waals surface area contributed by atoms with E-state index in [4.69, 9.17) is 27.9 Å². The zero-order valence-electron chi connectivity index (χ0n) is 10.0. The number of rotatable bonds is 3. The molecule has 3 unspecified atom stereocenters. The zero-order valence-corrected chi connectivity index (χ0v) is 11.6. The lowest BCUT2D eigenvalue weighted by Gasteiger charge is -2.22. The predicted octanol–water partition coefficient (Wildman–Crippen LogP) is 3.82. The summed E-state index contributed by atoms with van der Waals surface area (Å²) in [5.74, 6) is 0. The first kappa shape index (κ1) is 13.2. The van der Waals surface area contributed by atoms with Crippen molar-refractivity contribution in [3.63, 3.8) is 0 Å². The highest BCUT2D eigenvalue weighted by atomic mass is 35.5. The lowest BCUT2D eigenvalue weighted by atomic mass is 10.1. The quantitative estimate of drug-likeness (QED) is 0.904. The first-order valence-corrected chi connectivity index (χ1v) is 6.66. The van der Waals surface area contributed by atoms with Crippen LogP contribution in [0.3, 0.4) is 0 Å². The van der Waals surface area contributed by atoms with Crippen molar-refractivity contribution < 1.29 is 4.74 Å². The van der Waals surface area contributed by atoms with Gasteiger partial charge in [-0.2, -0.15) is 0 Å². The van der Waals surface area contributed by atoms with E-state index in [2.05, 4.69) is 19.2 Å². The van der Waals surface area contributed by atoms with E-state index in [0.717, 1.165) is 23.6 Å². The maximum Gasteiger partial charge on any atom is 0.0700 e. The van der Waals surface area contributed by atoms with Crippen molar-refractivity contribution in [2.45, 2.75) is 38.5 Å². The minimum atomic E-state index is 0.176. The van der Waals surface area contributed by atoms with Crippen molar-refractivity contribution in [3.8, 4) is 0 Å². The number of halogens is 2. The summed E-state index contributed by atoms with van der Waals surface area (Å²) in [7, 11) is 0. The molecular weight excluding hydrogens is 257 g/mol. The first-order valence-electron chi connectivity index (χ1n) is 5.90. The molecule has 2 nitrogen and oxygen atoms in total. The van der Waals surface area contributed by atoms with Crippen molar-refractivity contribution in [3.05, 3.63) is 33.8 Å². The van der Waals surface area contributed by atoms with Crippen LogP contribution in [0.1, 0.15) is 31.9 Å². The van der Waals surface area contributed by atoms with Gasteiger partial charge in [0.2, 0.25) is 0 Å². The summed E-state index contributed by atoms with van der Waals surface area (Å²) in [5, 5.41) is 5.01. The number of ether oxygens (including phenoxy) is 1. The van der Waals surface area contributed by atoms with Gasteiger partial charge in [-0.15, -0.1) is 0 Å². The highest BCUT2D eigenvalue weighted by molar-refractivity contribution is 6.33. The van der Waals surface area contributed by atoms with Gasteiger partial charge in [0, 0.05) is 28.7 Å². The highest BCUT2D eigenvalue weighted by Crippen LogP contribution is 2.27. The molecule has 0 aromatic heterocycles. The SMILES string of the molecule is CC(NC1CCOC1C)c1cc(Cl)ccc1Cl. The van der Waals surface area contributed by atoms with Gasteiger partial charge >= 0.3 is 0 Å². The van der Waals surface area contributed by atoms with Crippen molar-refractivity contribution >= 4 is 23.2 Å². The third-order valence-electron chi connectivity index (χ3n) is 3.26. The maximum atomic E-state index is 6.18. The fourth-order valence-electron chi connectivity index (χ4n) is 2.21. The monoisotopic (exact) mass is 273 g/mol. The third kappa shape index (κ3) is 3.14. The second kappa shape index (κ2) is 5.57. The summed E-state index contributed by atoms with van der Waals surface area (Å²) in [4.78, 5) is 0. The average molecular weight is 274 g/mol. The lowest BCUT2D eigenvalue weighted by molar-refractivity contribution is 0.111. The largest absolute Gasteiger partial charge is 0.377 e. The van der Waals surface area contributed by atoms with E-state index in [9.17, 15) is 0 Å². The van der Waals surface area contributed by atoms with Crippen LogP contribution in [0.2, 0.25) is 10.0 Å². The zero-order chi connectivity index (χ0) is 12.4. The number of benzene rings is 1. The molecule has 1 heterocycles. The molecule has 2 rings (SSSR count). The molecule has 0 bridgehead atoms. The predicted molar refractivity (Wildman–Crippen MR) is 71.8 cm³/mol. The van der Waals surface area contributed by atoms with Gasteiger partial charge in [0.1, 0.15) is 0 Å². The molecule has 0 amide bonds.